The van der Waals surface area contributed by atoms with Crippen molar-refractivity contribution in [2.75, 3.05) is 5.32 Å². The Kier molecular flexibility index (Phi) is 3.76. The molecule has 0 bridgehead atoms. The molecule has 9 heteroatoms. The average molecular weight is 313 g/mol. The average Bonchev–Trinajstić information content (AvgIpc) is 2.41. The van der Waals surface area contributed by atoms with Crippen LogP contribution in [0.5, 0.6) is 0 Å². The van der Waals surface area contributed by atoms with Crippen molar-refractivity contribution in [3.8, 4) is 0 Å². The minimum absolute atomic E-state index is 0.106. The lowest BCUT2D eigenvalue weighted by atomic mass is 10.2. The van der Waals surface area contributed by atoms with E-state index in [9.17, 15) is 26.3 Å². The van der Waals surface area contributed by atoms with E-state index in [2.05, 4.69) is 4.98 Å². The molecule has 1 heterocycles. The number of anilines is 2. The molecule has 0 atom stereocenters. The van der Waals surface area contributed by atoms with E-state index < -0.39 is 46.4 Å². The minimum atomic E-state index is -2.31. The fourth-order valence-electron chi connectivity index (χ4n) is 1.34. The van der Waals surface area contributed by atoms with Crippen LogP contribution >= 0.6 is 11.6 Å². The van der Waals surface area contributed by atoms with E-state index in [1.807, 2.05) is 0 Å². The molecular weight excluding hydrogens is 310 g/mol. The fourth-order valence-corrected chi connectivity index (χ4v) is 1.48. The van der Waals surface area contributed by atoms with Crippen LogP contribution in [0.1, 0.15) is 0 Å². The molecule has 0 aliphatic carbocycles. The number of aromatic nitrogens is 1. The summed E-state index contributed by atoms with van der Waals surface area (Å²) in [5, 5.41) is 1.60. The molecular formula is C11H3ClF6N2. The lowest BCUT2D eigenvalue weighted by molar-refractivity contribution is 0.382. The number of halogens is 7. The number of nitrogens with zero attached hydrogens (tertiary/aromatic N) is 1. The zero-order valence-electron chi connectivity index (χ0n) is 9.25. The third-order valence-corrected chi connectivity index (χ3v) is 2.47. The van der Waals surface area contributed by atoms with Crippen molar-refractivity contribution in [3.05, 3.63) is 52.2 Å². The standard InChI is InChI=1S/C11H3ClF6N2/c12-3-1-4(13)11(19-2-3)20-10-8(17)6(15)5(14)7(16)9(10)18/h1-2H,(H,19,20). The summed E-state index contributed by atoms with van der Waals surface area (Å²) < 4.78 is 78.7. The van der Waals surface area contributed by atoms with Crippen molar-refractivity contribution in [1.82, 2.24) is 4.98 Å². The second-order valence-electron chi connectivity index (χ2n) is 3.55. The van der Waals surface area contributed by atoms with Crippen molar-refractivity contribution in [3.63, 3.8) is 0 Å². The number of hydrogen-bond acceptors (Lipinski definition) is 2. The molecule has 2 rings (SSSR count). The molecule has 0 fully saturated rings. The molecule has 0 aliphatic heterocycles. The van der Waals surface area contributed by atoms with Crippen molar-refractivity contribution in [2.45, 2.75) is 0 Å². The SMILES string of the molecule is Fc1cc(Cl)cnc1Nc1c(F)c(F)c(F)c(F)c1F. The van der Waals surface area contributed by atoms with Crippen molar-refractivity contribution in [1.29, 1.82) is 0 Å². The Morgan fingerprint density at radius 2 is 1.35 bits per heavy atom. The molecule has 1 aromatic carbocycles. The highest BCUT2D eigenvalue weighted by Gasteiger charge is 2.26. The van der Waals surface area contributed by atoms with Crippen LogP contribution in [0.3, 0.4) is 0 Å². The van der Waals surface area contributed by atoms with Crippen LogP contribution in [0.4, 0.5) is 37.8 Å². The number of hydrogen-bond donors (Lipinski definition) is 1. The summed E-state index contributed by atoms with van der Waals surface area (Å²) in [4.78, 5) is 3.35. The molecule has 0 radical (unpaired) electrons. The first-order chi connectivity index (χ1) is 9.32. The molecule has 1 aromatic heterocycles. The Morgan fingerprint density at radius 1 is 0.850 bits per heavy atom. The molecule has 0 spiro atoms. The number of nitrogens with one attached hydrogen (secondary N) is 1. The molecule has 0 saturated heterocycles. The Labute approximate surface area is 113 Å². The van der Waals surface area contributed by atoms with Gasteiger partial charge in [-0.2, -0.15) is 0 Å². The van der Waals surface area contributed by atoms with Gasteiger partial charge in [0, 0.05) is 6.20 Å². The fraction of sp³-hybridized carbons (Fsp3) is 0. The van der Waals surface area contributed by atoms with Gasteiger partial charge < -0.3 is 5.32 Å². The summed E-state index contributed by atoms with van der Waals surface area (Å²) in [5.74, 6) is -12.7. The Balaban J connectivity index is 2.54. The van der Waals surface area contributed by atoms with E-state index in [0.29, 0.717) is 0 Å². The van der Waals surface area contributed by atoms with Crippen LogP contribution in [-0.4, -0.2) is 4.98 Å². The van der Waals surface area contributed by atoms with Gasteiger partial charge in [-0.1, -0.05) is 11.6 Å². The number of rotatable bonds is 2. The maximum Gasteiger partial charge on any atom is 0.200 e. The Morgan fingerprint density at radius 3 is 1.85 bits per heavy atom. The normalized spacial score (nSPS) is 10.8. The first-order valence-electron chi connectivity index (χ1n) is 4.92. The van der Waals surface area contributed by atoms with E-state index >= 15 is 0 Å². The molecule has 0 saturated carbocycles. The Hall–Kier alpha value is -1.96. The Bertz CT molecular complexity index is 662. The molecule has 0 unspecified atom stereocenters. The lowest BCUT2D eigenvalue weighted by Gasteiger charge is -2.10. The largest absolute Gasteiger partial charge is 0.333 e. The van der Waals surface area contributed by atoms with Crippen LogP contribution in [0.25, 0.3) is 0 Å². The molecule has 20 heavy (non-hydrogen) atoms. The predicted molar refractivity (Wildman–Crippen MR) is 58.7 cm³/mol. The first-order valence-corrected chi connectivity index (χ1v) is 5.30. The van der Waals surface area contributed by atoms with E-state index in [1.54, 1.807) is 5.32 Å². The lowest BCUT2D eigenvalue weighted by Crippen LogP contribution is -2.08. The van der Waals surface area contributed by atoms with Gasteiger partial charge in [0.25, 0.3) is 0 Å². The van der Waals surface area contributed by atoms with Crippen molar-refractivity contribution >= 4 is 23.1 Å². The van der Waals surface area contributed by atoms with Gasteiger partial charge >= 0.3 is 0 Å². The second kappa shape index (κ2) is 5.20. The van der Waals surface area contributed by atoms with Gasteiger partial charge in [-0.05, 0) is 6.07 Å². The van der Waals surface area contributed by atoms with Crippen LogP contribution in [0.2, 0.25) is 5.02 Å². The summed E-state index contributed by atoms with van der Waals surface area (Å²) in [7, 11) is 0. The predicted octanol–water partition coefficient (Wildman–Crippen LogP) is 4.31. The van der Waals surface area contributed by atoms with Gasteiger partial charge in [0.05, 0.1) is 5.02 Å². The third-order valence-electron chi connectivity index (χ3n) is 2.26. The quantitative estimate of drug-likeness (QED) is 0.508. The van der Waals surface area contributed by atoms with Gasteiger partial charge in [-0.3, -0.25) is 0 Å². The van der Waals surface area contributed by atoms with Crippen LogP contribution in [0.15, 0.2) is 12.3 Å². The first kappa shape index (κ1) is 14.4. The summed E-state index contributed by atoms with van der Waals surface area (Å²) in [6.07, 6.45) is 0.930. The van der Waals surface area contributed by atoms with Gasteiger partial charge in [-0.25, -0.2) is 31.3 Å². The highest BCUT2D eigenvalue weighted by atomic mass is 35.5. The molecule has 0 aliphatic rings. The van der Waals surface area contributed by atoms with E-state index in [-0.39, 0.29) is 5.02 Å². The van der Waals surface area contributed by atoms with Crippen molar-refractivity contribution < 1.29 is 26.3 Å². The molecule has 0 amide bonds. The highest BCUT2D eigenvalue weighted by Crippen LogP contribution is 2.30. The van der Waals surface area contributed by atoms with Crippen molar-refractivity contribution in [2.24, 2.45) is 0 Å². The molecule has 106 valence electrons. The monoisotopic (exact) mass is 312 g/mol. The summed E-state index contributed by atoms with van der Waals surface area (Å²) in [5.41, 5.74) is -1.41. The second-order valence-corrected chi connectivity index (χ2v) is 3.99. The summed E-state index contributed by atoms with van der Waals surface area (Å²) in [6, 6.07) is 0.753. The maximum absolute atomic E-state index is 13.4. The molecule has 1 N–H and O–H groups in total. The number of pyridine rings is 1. The topological polar surface area (TPSA) is 24.9 Å². The summed E-state index contributed by atoms with van der Waals surface area (Å²) in [6.45, 7) is 0. The van der Waals surface area contributed by atoms with Gasteiger partial charge in [-0.15, -0.1) is 0 Å². The maximum atomic E-state index is 13.4. The highest BCUT2D eigenvalue weighted by molar-refractivity contribution is 6.30. The zero-order chi connectivity index (χ0) is 15.0. The van der Waals surface area contributed by atoms with E-state index in [1.165, 1.54) is 0 Å². The molecule has 2 nitrogen and oxygen atoms in total. The molecule has 2 aromatic rings. The van der Waals surface area contributed by atoms with Gasteiger partial charge in [0.15, 0.2) is 34.9 Å². The summed E-state index contributed by atoms with van der Waals surface area (Å²) >= 11 is 5.41. The number of benzene rings is 1. The minimum Gasteiger partial charge on any atom is -0.333 e. The van der Waals surface area contributed by atoms with Crippen LogP contribution in [0, 0.1) is 34.9 Å². The smallest absolute Gasteiger partial charge is 0.200 e. The van der Waals surface area contributed by atoms with E-state index in [0.717, 1.165) is 12.3 Å². The van der Waals surface area contributed by atoms with E-state index in [4.69, 9.17) is 11.6 Å². The third kappa shape index (κ3) is 2.38. The van der Waals surface area contributed by atoms with Crippen LogP contribution < -0.4 is 5.32 Å². The van der Waals surface area contributed by atoms with Gasteiger partial charge in [0.1, 0.15) is 5.69 Å². The van der Waals surface area contributed by atoms with Gasteiger partial charge in [0.2, 0.25) is 5.82 Å². The van der Waals surface area contributed by atoms with Crippen LogP contribution in [-0.2, 0) is 0 Å². The zero-order valence-corrected chi connectivity index (χ0v) is 10.0.